The van der Waals surface area contributed by atoms with Gasteiger partial charge in [0, 0.05) is 19.8 Å². The highest BCUT2D eigenvalue weighted by Gasteiger charge is 2.16. The van der Waals surface area contributed by atoms with Gasteiger partial charge in [0.05, 0.1) is 11.6 Å². The first-order valence-corrected chi connectivity index (χ1v) is 7.28. The molecule has 0 bridgehead atoms. The van der Waals surface area contributed by atoms with Crippen LogP contribution in [0.15, 0.2) is 48.5 Å². The van der Waals surface area contributed by atoms with E-state index in [9.17, 15) is 0 Å². The quantitative estimate of drug-likeness (QED) is 0.733. The molecule has 0 N–H and O–H groups in total. The molecule has 108 valence electrons. The van der Waals surface area contributed by atoms with E-state index in [2.05, 4.69) is 66.6 Å². The molecule has 1 heterocycles. The van der Waals surface area contributed by atoms with Crippen molar-refractivity contribution in [3.8, 4) is 0 Å². The molecular formula is C17H20N4. The maximum Gasteiger partial charge on any atom is 0.113 e. The average molecular weight is 280 g/mol. The van der Waals surface area contributed by atoms with Crippen molar-refractivity contribution >= 4 is 16.7 Å². The summed E-state index contributed by atoms with van der Waals surface area (Å²) in [7, 11) is 4.11. The van der Waals surface area contributed by atoms with Crippen molar-refractivity contribution in [2.24, 2.45) is 0 Å². The van der Waals surface area contributed by atoms with E-state index in [0.717, 1.165) is 17.5 Å². The number of aromatic nitrogens is 3. The third-order valence-corrected chi connectivity index (χ3v) is 3.85. The largest absolute Gasteiger partial charge is 0.378 e. The predicted octanol–water partition coefficient (Wildman–Crippen LogP) is 3.50. The Kier molecular flexibility index (Phi) is 3.60. The van der Waals surface area contributed by atoms with Crippen molar-refractivity contribution in [3.63, 3.8) is 0 Å². The van der Waals surface area contributed by atoms with Crippen LogP contribution in [0.25, 0.3) is 11.0 Å². The predicted molar refractivity (Wildman–Crippen MR) is 86.7 cm³/mol. The van der Waals surface area contributed by atoms with E-state index in [1.807, 2.05) is 22.9 Å². The topological polar surface area (TPSA) is 34.0 Å². The van der Waals surface area contributed by atoms with Crippen molar-refractivity contribution in [1.29, 1.82) is 0 Å². The summed E-state index contributed by atoms with van der Waals surface area (Å²) in [5.41, 5.74) is 4.50. The Labute approximate surface area is 125 Å². The van der Waals surface area contributed by atoms with Gasteiger partial charge in [0.15, 0.2) is 0 Å². The molecule has 2 aromatic carbocycles. The smallest absolute Gasteiger partial charge is 0.113 e. The van der Waals surface area contributed by atoms with Gasteiger partial charge in [0.25, 0.3) is 0 Å². The van der Waals surface area contributed by atoms with E-state index in [4.69, 9.17) is 0 Å². The minimum Gasteiger partial charge on any atom is -0.378 e. The molecule has 0 aliphatic carbocycles. The van der Waals surface area contributed by atoms with Gasteiger partial charge in [-0.05, 0) is 36.2 Å². The Hall–Kier alpha value is -2.36. The van der Waals surface area contributed by atoms with Gasteiger partial charge < -0.3 is 4.90 Å². The van der Waals surface area contributed by atoms with Gasteiger partial charge in [-0.25, -0.2) is 4.68 Å². The van der Waals surface area contributed by atoms with E-state index in [1.54, 1.807) is 0 Å². The SMILES string of the molecule is CCC(c1ccc(N(C)C)cc1)n1nnc2ccccc21. The Morgan fingerprint density at radius 2 is 1.76 bits per heavy atom. The number of fused-ring (bicyclic) bond motifs is 1. The fourth-order valence-corrected chi connectivity index (χ4v) is 2.66. The Morgan fingerprint density at radius 3 is 2.43 bits per heavy atom. The zero-order valence-electron chi connectivity index (χ0n) is 12.7. The normalized spacial score (nSPS) is 12.5. The van der Waals surface area contributed by atoms with Gasteiger partial charge in [-0.1, -0.05) is 36.4 Å². The van der Waals surface area contributed by atoms with Crippen molar-refractivity contribution < 1.29 is 0 Å². The highest BCUT2D eigenvalue weighted by atomic mass is 15.4. The van der Waals surface area contributed by atoms with Gasteiger partial charge in [-0.2, -0.15) is 0 Å². The lowest BCUT2D eigenvalue weighted by Crippen LogP contribution is -2.12. The molecular weight excluding hydrogens is 260 g/mol. The molecule has 1 atom stereocenters. The Morgan fingerprint density at radius 1 is 1.05 bits per heavy atom. The molecule has 3 rings (SSSR count). The van der Waals surface area contributed by atoms with Crippen LogP contribution in [0.4, 0.5) is 5.69 Å². The summed E-state index contributed by atoms with van der Waals surface area (Å²) in [6, 6.07) is 17.0. The molecule has 0 fully saturated rings. The molecule has 0 aliphatic heterocycles. The molecule has 1 unspecified atom stereocenters. The molecule has 0 spiro atoms. The van der Waals surface area contributed by atoms with Gasteiger partial charge in [0.1, 0.15) is 5.52 Å². The van der Waals surface area contributed by atoms with Crippen LogP contribution in [0, 0.1) is 0 Å². The zero-order valence-corrected chi connectivity index (χ0v) is 12.7. The van der Waals surface area contributed by atoms with Crippen molar-refractivity contribution in [3.05, 3.63) is 54.1 Å². The summed E-state index contributed by atoms with van der Waals surface area (Å²) >= 11 is 0. The minimum atomic E-state index is 0.216. The molecule has 1 aromatic heterocycles. The van der Waals surface area contributed by atoms with Gasteiger partial charge in [-0.3, -0.25) is 0 Å². The second-order valence-corrected chi connectivity index (χ2v) is 5.43. The molecule has 4 heteroatoms. The van der Waals surface area contributed by atoms with Crippen molar-refractivity contribution in [2.75, 3.05) is 19.0 Å². The van der Waals surface area contributed by atoms with Gasteiger partial charge in [0.2, 0.25) is 0 Å². The summed E-state index contributed by atoms with van der Waals surface area (Å²) in [4.78, 5) is 2.11. The van der Waals surface area contributed by atoms with Crippen LogP contribution in [-0.2, 0) is 0 Å². The van der Waals surface area contributed by atoms with E-state index in [0.29, 0.717) is 0 Å². The summed E-state index contributed by atoms with van der Waals surface area (Å²) in [5.74, 6) is 0. The molecule has 3 aromatic rings. The molecule has 0 saturated carbocycles. The Balaban J connectivity index is 2.01. The van der Waals surface area contributed by atoms with Crippen LogP contribution < -0.4 is 4.90 Å². The lowest BCUT2D eigenvalue weighted by Gasteiger charge is -2.18. The summed E-state index contributed by atoms with van der Waals surface area (Å²) < 4.78 is 2.03. The van der Waals surface area contributed by atoms with Crippen molar-refractivity contribution in [2.45, 2.75) is 19.4 Å². The monoisotopic (exact) mass is 280 g/mol. The van der Waals surface area contributed by atoms with E-state index in [-0.39, 0.29) is 6.04 Å². The zero-order chi connectivity index (χ0) is 14.8. The van der Waals surface area contributed by atoms with Crippen molar-refractivity contribution in [1.82, 2.24) is 15.0 Å². The highest BCUT2D eigenvalue weighted by molar-refractivity contribution is 5.74. The standard InChI is InChI=1S/C17H20N4/c1-4-16(13-9-11-14(12-10-13)20(2)3)21-17-8-6-5-7-15(17)18-19-21/h5-12,16H,4H2,1-3H3. The van der Waals surface area contributed by atoms with Crippen LogP contribution in [0.2, 0.25) is 0 Å². The van der Waals surface area contributed by atoms with Crippen LogP contribution in [-0.4, -0.2) is 29.1 Å². The lowest BCUT2D eigenvalue weighted by atomic mass is 10.0. The number of benzene rings is 2. The Bertz CT molecular complexity index is 728. The fourth-order valence-electron chi connectivity index (χ4n) is 2.66. The summed E-state index contributed by atoms with van der Waals surface area (Å²) in [6.45, 7) is 2.18. The fraction of sp³-hybridized carbons (Fsp3) is 0.294. The molecule has 0 radical (unpaired) electrons. The molecule has 0 saturated heterocycles. The second kappa shape index (κ2) is 5.56. The van der Waals surface area contributed by atoms with Crippen LogP contribution in [0.3, 0.4) is 0 Å². The van der Waals surface area contributed by atoms with Gasteiger partial charge >= 0.3 is 0 Å². The van der Waals surface area contributed by atoms with E-state index < -0.39 is 0 Å². The highest BCUT2D eigenvalue weighted by Crippen LogP contribution is 2.26. The number of rotatable bonds is 4. The molecule has 0 amide bonds. The molecule has 0 aliphatic rings. The number of hydrogen-bond acceptors (Lipinski definition) is 3. The number of nitrogens with zero attached hydrogens (tertiary/aromatic N) is 4. The minimum absolute atomic E-state index is 0.216. The third kappa shape index (κ3) is 2.49. The van der Waals surface area contributed by atoms with Crippen LogP contribution in [0.5, 0.6) is 0 Å². The first-order valence-electron chi connectivity index (χ1n) is 7.28. The number of para-hydroxylation sites is 1. The maximum atomic E-state index is 4.36. The first kappa shape index (κ1) is 13.6. The maximum absolute atomic E-state index is 4.36. The van der Waals surface area contributed by atoms with Crippen LogP contribution in [0.1, 0.15) is 24.9 Å². The molecule has 21 heavy (non-hydrogen) atoms. The average Bonchev–Trinajstić information content (AvgIpc) is 2.93. The second-order valence-electron chi connectivity index (χ2n) is 5.43. The van der Waals surface area contributed by atoms with E-state index in [1.165, 1.54) is 11.3 Å². The number of hydrogen-bond donors (Lipinski definition) is 0. The number of anilines is 1. The molecule has 4 nitrogen and oxygen atoms in total. The first-order chi connectivity index (χ1) is 10.2. The lowest BCUT2D eigenvalue weighted by molar-refractivity contribution is 0.508. The van der Waals surface area contributed by atoms with E-state index >= 15 is 0 Å². The third-order valence-electron chi connectivity index (χ3n) is 3.85. The van der Waals surface area contributed by atoms with Gasteiger partial charge in [-0.15, -0.1) is 5.10 Å². The summed E-state index contributed by atoms with van der Waals surface area (Å²) in [5, 5.41) is 8.62. The summed E-state index contributed by atoms with van der Waals surface area (Å²) in [6.07, 6.45) is 0.981. The van der Waals surface area contributed by atoms with Crippen LogP contribution >= 0.6 is 0 Å².